The molecule has 1 saturated heterocycles. The van der Waals surface area contributed by atoms with Gasteiger partial charge in [0, 0.05) is 13.1 Å². The maximum atomic E-state index is 12.2. The first-order valence-corrected chi connectivity index (χ1v) is 6.19. The van der Waals surface area contributed by atoms with Crippen molar-refractivity contribution in [3.05, 3.63) is 17.7 Å². The second-order valence-electron chi connectivity index (χ2n) is 4.60. The molecule has 1 atom stereocenters. The Morgan fingerprint density at radius 1 is 1.61 bits per heavy atom. The molecule has 1 fully saturated rings. The Morgan fingerprint density at radius 3 is 3.06 bits per heavy atom. The van der Waals surface area contributed by atoms with Gasteiger partial charge in [-0.1, -0.05) is 13.3 Å². The first-order valence-electron chi connectivity index (χ1n) is 6.19. The smallest absolute Gasteiger partial charge is 0.354 e. The van der Waals surface area contributed by atoms with Crippen molar-refractivity contribution in [2.24, 2.45) is 5.92 Å². The second-order valence-corrected chi connectivity index (χ2v) is 4.60. The molecule has 0 saturated carbocycles. The summed E-state index contributed by atoms with van der Waals surface area (Å²) in [6.07, 6.45) is 4.39. The number of carbonyl (C=O) groups excluding carboxylic acids is 1. The lowest BCUT2D eigenvalue weighted by Crippen LogP contribution is -2.40. The van der Waals surface area contributed by atoms with E-state index >= 15 is 0 Å². The Bertz CT molecular complexity index is 455. The summed E-state index contributed by atoms with van der Waals surface area (Å²) >= 11 is 0. The van der Waals surface area contributed by atoms with Gasteiger partial charge in [0.2, 0.25) is 0 Å². The van der Waals surface area contributed by atoms with Crippen molar-refractivity contribution < 1.29 is 14.7 Å². The third kappa shape index (κ3) is 2.37. The van der Waals surface area contributed by atoms with Crippen molar-refractivity contribution in [2.75, 3.05) is 13.1 Å². The number of H-pyrrole nitrogens is 1. The van der Waals surface area contributed by atoms with Crippen LogP contribution in [-0.4, -0.2) is 44.9 Å². The van der Waals surface area contributed by atoms with Gasteiger partial charge in [-0.05, 0) is 18.8 Å². The number of nitrogens with one attached hydrogen (secondary N) is 1. The predicted molar refractivity (Wildman–Crippen MR) is 64.5 cm³/mol. The summed E-state index contributed by atoms with van der Waals surface area (Å²) < 4.78 is 0. The zero-order valence-electron chi connectivity index (χ0n) is 10.3. The molecule has 0 aliphatic carbocycles. The molecule has 18 heavy (non-hydrogen) atoms. The fourth-order valence-corrected chi connectivity index (χ4v) is 2.35. The van der Waals surface area contributed by atoms with Crippen molar-refractivity contribution >= 4 is 11.9 Å². The van der Waals surface area contributed by atoms with Gasteiger partial charge in [0.25, 0.3) is 5.91 Å². The number of aromatic carboxylic acids is 1. The Balaban J connectivity index is 2.15. The van der Waals surface area contributed by atoms with Gasteiger partial charge in [-0.2, -0.15) is 0 Å². The number of carbonyl (C=O) groups is 2. The molecule has 0 spiro atoms. The molecule has 1 aliphatic heterocycles. The van der Waals surface area contributed by atoms with Crippen LogP contribution in [0.5, 0.6) is 0 Å². The number of likely N-dealkylation sites (tertiary alicyclic amines) is 1. The van der Waals surface area contributed by atoms with Crippen LogP contribution in [0.15, 0.2) is 6.33 Å². The van der Waals surface area contributed by atoms with E-state index in [-0.39, 0.29) is 17.3 Å². The average Bonchev–Trinajstić information content (AvgIpc) is 2.87. The number of hydrogen-bond donors (Lipinski definition) is 2. The minimum absolute atomic E-state index is 0.0132. The minimum Gasteiger partial charge on any atom is -0.477 e. The number of nitrogens with zero attached hydrogens (tertiary/aromatic N) is 2. The highest BCUT2D eigenvalue weighted by Crippen LogP contribution is 2.21. The van der Waals surface area contributed by atoms with Crippen LogP contribution in [0.2, 0.25) is 0 Å². The Morgan fingerprint density at radius 2 is 2.39 bits per heavy atom. The number of piperidine rings is 1. The molecule has 2 rings (SSSR count). The molecule has 0 radical (unpaired) electrons. The zero-order valence-corrected chi connectivity index (χ0v) is 10.3. The van der Waals surface area contributed by atoms with Gasteiger partial charge < -0.3 is 15.0 Å². The molecule has 6 heteroatoms. The van der Waals surface area contributed by atoms with Crippen LogP contribution in [0.3, 0.4) is 0 Å². The molecule has 1 unspecified atom stereocenters. The third-order valence-corrected chi connectivity index (χ3v) is 3.44. The molecule has 0 bridgehead atoms. The third-order valence-electron chi connectivity index (χ3n) is 3.44. The van der Waals surface area contributed by atoms with Crippen LogP contribution in [0, 0.1) is 5.92 Å². The summed E-state index contributed by atoms with van der Waals surface area (Å²) in [6.45, 7) is 3.48. The SMILES string of the molecule is CCC1CCCN(C(=O)c2nc[nH]c2C(=O)O)C1. The van der Waals surface area contributed by atoms with Crippen molar-refractivity contribution in [1.29, 1.82) is 0 Å². The Kier molecular flexibility index (Phi) is 3.64. The highest BCUT2D eigenvalue weighted by atomic mass is 16.4. The van der Waals surface area contributed by atoms with Crippen LogP contribution >= 0.6 is 0 Å². The van der Waals surface area contributed by atoms with Gasteiger partial charge in [-0.3, -0.25) is 4.79 Å². The number of carboxylic acid groups (broad SMARTS) is 1. The molecular weight excluding hydrogens is 234 g/mol. The van der Waals surface area contributed by atoms with Crippen LogP contribution < -0.4 is 0 Å². The van der Waals surface area contributed by atoms with E-state index < -0.39 is 5.97 Å². The van der Waals surface area contributed by atoms with Crippen LogP contribution in [0.4, 0.5) is 0 Å². The van der Waals surface area contributed by atoms with E-state index in [9.17, 15) is 9.59 Å². The molecule has 1 aromatic heterocycles. The summed E-state index contributed by atoms with van der Waals surface area (Å²) in [6, 6.07) is 0. The quantitative estimate of drug-likeness (QED) is 0.849. The maximum Gasteiger partial charge on any atom is 0.354 e. The standard InChI is InChI=1S/C12H17N3O3/c1-2-8-4-3-5-15(6-8)11(16)9-10(12(17)18)14-7-13-9/h7-8H,2-6H2,1H3,(H,13,14)(H,17,18). The van der Waals surface area contributed by atoms with E-state index in [1.165, 1.54) is 6.33 Å². The van der Waals surface area contributed by atoms with Gasteiger partial charge in [0.05, 0.1) is 6.33 Å². The van der Waals surface area contributed by atoms with E-state index in [4.69, 9.17) is 5.11 Å². The van der Waals surface area contributed by atoms with E-state index in [0.717, 1.165) is 19.3 Å². The van der Waals surface area contributed by atoms with Crippen molar-refractivity contribution in [1.82, 2.24) is 14.9 Å². The molecular formula is C12H17N3O3. The van der Waals surface area contributed by atoms with E-state index in [0.29, 0.717) is 19.0 Å². The number of imidazole rings is 1. The van der Waals surface area contributed by atoms with Gasteiger partial charge in [-0.15, -0.1) is 0 Å². The number of carboxylic acids is 1. The molecule has 2 N–H and O–H groups in total. The molecule has 98 valence electrons. The lowest BCUT2D eigenvalue weighted by atomic mass is 9.95. The second kappa shape index (κ2) is 5.20. The van der Waals surface area contributed by atoms with Gasteiger partial charge >= 0.3 is 5.97 Å². The number of hydrogen-bond acceptors (Lipinski definition) is 3. The predicted octanol–water partition coefficient (Wildman–Crippen LogP) is 1.37. The summed E-state index contributed by atoms with van der Waals surface area (Å²) in [7, 11) is 0. The van der Waals surface area contributed by atoms with Crippen LogP contribution in [0.1, 0.15) is 47.2 Å². The summed E-state index contributed by atoms with van der Waals surface area (Å²) in [5, 5.41) is 8.96. The number of aromatic amines is 1. The van der Waals surface area contributed by atoms with E-state index in [1.54, 1.807) is 4.90 Å². The molecule has 6 nitrogen and oxygen atoms in total. The summed E-state index contributed by atoms with van der Waals surface area (Å²) in [5.74, 6) is -0.929. The van der Waals surface area contributed by atoms with Gasteiger partial charge in [0.1, 0.15) is 0 Å². The lowest BCUT2D eigenvalue weighted by molar-refractivity contribution is 0.0633. The molecule has 0 aromatic carbocycles. The molecule has 2 heterocycles. The van der Waals surface area contributed by atoms with E-state index in [1.807, 2.05) is 0 Å². The van der Waals surface area contributed by atoms with Crippen molar-refractivity contribution in [2.45, 2.75) is 26.2 Å². The zero-order chi connectivity index (χ0) is 13.1. The van der Waals surface area contributed by atoms with Crippen molar-refractivity contribution in [3.8, 4) is 0 Å². The van der Waals surface area contributed by atoms with Gasteiger partial charge in [0.15, 0.2) is 11.4 Å². The number of amides is 1. The Labute approximate surface area is 105 Å². The lowest BCUT2D eigenvalue weighted by Gasteiger charge is -2.31. The van der Waals surface area contributed by atoms with Crippen LogP contribution in [-0.2, 0) is 0 Å². The average molecular weight is 251 g/mol. The molecule has 1 aliphatic rings. The van der Waals surface area contributed by atoms with Crippen molar-refractivity contribution in [3.63, 3.8) is 0 Å². The topological polar surface area (TPSA) is 86.3 Å². The largest absolute Gasteiger partial charge is 0.477 e. The maximum absolute atomic E-state index is 12.2. The fourth-order valence-electron chi connectivity index (χ4n) is 2.35. The number of aromatic nitrogens is 2. The first kappa shape index (κ1) is 12.6. The van der Waals surface area contributed by atoms with Gasteiger partial charge in [-0.25, -0.2) is 9.78 Å². The monoisotopic (exact) mass is 251 g/mol. The molecule has 1 amide bonds. The minimum atomic E-state index is -1.15. The summed E-state index contributed by atoms with van der Waals surface area (Å²) in [5.41, 5.74) is -0.113. The highest BCUT2D eigenvalue weighted by Gasteiger charge is 2.28. The van der Waals surface area contributed by atoms with Crippen LogP contribution in [0.25, 0.3) is 0 Å². The number of rotatable bonds is 3. The Hall–Kier alpha value is -1.85. The summed E-state index contributed by atoms with van der Waals surface area (Å²) in [4.78, 5) is 31.2. The fraction of sp³-hybridized carbons (Fsp3) is 0.583. The van der Waals surface area contributed by atoms with E-state index in [2.05, 4.69) is 16.9 Å². The normalized spacial score (nSPS) is 19.8. The molecule has 1 aromatic rings. The highest BCUT2D eigenvalue weighted by molar-refractivity contribution is 6.02. The first-order chi connectivity index (χ1) is 8.63.